The van der Waals surface area contributed by atoms with Gasteiger partial charge in [0.1, 0.15) is 0 Å². The molecule has 70 valence electrons. The zero-order chi connectivity index (χ0) is 9.57. The molecule has 7 heteroatoms. The van der Waals surface area contributed by atoms with Gasteiger partial charge in [0.15, 0.2) is 4.75 Å². The summed E-state index contributed by atoms with van der Waals surface area (Å²) in [5, 5.41) is 8.38. The fourth-order valence-electron chi connectivity index (χ4n) is 0.904. The fourth-order valence-corrected chi connectivity index (χ4v) is 2.16. The molecule has 1 N–H and O–H groups in total. The number of rotatable bonds is 3. The summed E-state index contributed by atoms with van der Waals surface area (Å²) in [7, 11) is -4.80. The zero-order valence-electron chi connectivity index (χ0n) is 5.83. The van der Waals surface area contributed by atoms with E-state index in [1.165, 1.54) is 0 Å². The van der Waals surface area contributed by atoms with E-state index in [9.17, 15) is 22.0 Å². The molecule has 0 radical (unpaired) electrons. The highest BCUT2D eigenvalue weighted by Crippen LogP contribution is 2.46. The largest absolute Gasteiger partial charge is 0.480 e. The summed E-state index contributed by atoms with van der Waals surface area (Å²) < 4.78 is 43.0. The third-order valence-corrected chi connectivity index (χ3v) is 4.01. The van der Waals surface area contributed by atoms with Crippen LogP contribution in [0.15, 0.2) is 0 Å². The lowest BCUT2D eigenvalue weighted by molar-refractivity contribution is -0.137. The van der Waals surface area contributed by atoms with E-state index in [0.29, 0.717) is 0 Å². The number of halogens is 2. The summed E-state index contributed by atoms with van der Waals surface area (Å²) in [5.74, 6) is -5.28. The van der Waals surface area contributed by atoms with Gasteiger partial charge >= 0.3 is 11.7 Å². The summed E-state index contributed by atoms with van der Waals surface area (Å²) in [6.45, 7) is 0. The van der Waals surface area contributed by atoms with Crippen LogP contribution in [0.2, 0.25) is 0 Å². The molecule has 1 aliphatic rings. The number of carbonyl (C=O) groups is 1. The van der Waals surface area contributed by atoms with Crippen LogP contribution in [0.5, 0.6) is 0 Å². The highest BCUT2D eigenvalue weighted by Gasteiger charge is 2.64. The Labute approximate surface area is 67.1 Å². The monoisotopic (exact) mass is 200 g/mol. The van der Waals surface area contributed by atoms with Gasteiger partial charge in [-0.05, 0) is 12.8 Å². The van der Waals surface area contributed by atoms with Gasteiger partial charge in [0, 0.05) is 0 Å². The summed E-state index contributed by atoms with van der Waals surface area (Å²) in [6, 6.07) is 0. The average molecular weight is 200 g/mol. The number of carboxylic acid groups (broad SMARTS) is 1. The van der Waals surface area contributed by atoms with Crippen molar-refractivity contribution < 1.29 is 27.1 Å². The Bertz CT molecular complexity index is 303. The molecule has 1 aliphatic carbocycles. The van der Waals surface area contributed by atoms with Crippen LogP contribution in [0.3, 0.4) is 0 Å². The summed E-state index contributed by atoms with van der Waals surface area (Å²) in [5.41, 5.74) is 0. The van der Waals surface area contributed by atoms with E-state index in [-0.39, 0.29) is 12.8 Å². The van der Waals surface area contributed by atoms with Crippen molar-refractivity contribution in [1.29, 1.82) is 0 Å². The van der Waals surface area contributed by atoms with E-state index in [1.54, 1.807) is 0 Å². The molecule has 12 heavy (non-hydrogen) atoms. The quantitative estimate of drug-likeness (QED) is 0.708. The maximum atomic E-state index is 11.9. The van der Waals surface area contributed by atoms with Crippen LogP contribution in [0.1, 0.15) is 12.8 Å². The van der Waals surface area contributed by atoms with E-state index in [2.05, 4.69) is 0 Å². The maximum Gasteiger partial charge on any atom is 0.337 e. The molecular weight excluding hydrogens is 194 g/mol. The van der Waals surface area contributed by atoms with Gasteiger partial charge in [-0.15, -0.1) is 0 Å². The third kappa shape index (κ3) is 0.996. The summed E-state index contributed by atoms with van der Waals surface area (Å²) in [6.07, 6.45) is -0.427. The minimum absolute atomic E-state index is 0.213. The van der Waals surface area contributed by atoms with E-state index in [0.717, 1.165) is 0 Å². The third-order valence-electron chi connectivity index (χ3n) is 1.87. The lowest BCUT2D eigenvalue weighted by atomic mass is 10.4. The van der Waals surface area contributed by atoms with Gasteiger partial charge in [-0.2, -0.15) is 8.78 Å². The van der Waals surface area contributed by atoms with Crippen LogP contribution in [-0.4, -0.2) is 30.0 Å². The predicted octanol–water partition coefficient (Wildman–Crippen LogP) is 0.241. The lowest BCUT2D eigenvalue weighted by Gasteiger charge is -2.09. The number of aliphatic carboxylic acids is 1. The Kier molecular flexibility index (Phi) is 1.86. The van der Waals surface area contributed by atoms with Crippen molar-refractivity contribution in [3.05, 3.63) is 0 Å². The highest BCUT2D eigenvalue weighted by molar-refractivity contribution is 7.94. The Hall–Kier alpha value is -0.720. The first-order valence-corrected chi connectivity index (χ1v) is 4.64. The summed E-state index contributed by atoms with van der Waals surface area (Å²) in [4.78, 5) is 10.3. The predicted molar refractivity (Wildman–Crippen MR) is 34.5 cm³/mol. The molecule has 1 rings (SSSR count). The molecule has 0 aromatic rings. The number of alkyl halides is 2. The minimum atomic E-state index is -4.80. The van der Waals surface area contributed by atoms with Gasteiger partial charge in [-0.1, -0.05) is 0 Å². The van der Waals surface area contributed by atoms with E-state index in [4.69, 9.17) is 5.11 Å². The second-order valence-electron chi connectivity index (χ2n) is 2.61. The molecular formula is C5H6F2O4S. The molecule has 0 bridgehead atoms. The SMILES string of the molecule is O=C(O)C1(S(=O)(=O)C(F)F)CC1. The molecule has 0 amide bonds. The standard InChI is InChI=1S/C5H6F2O4S/c6-4(7)12(10,11)5(1-2-5)3(8)9/h4H,1-2H2,(H,8,9). The topological polar surface area (TPSA) is 71.4 Å². The van der Waals surface area contributed by atoms with Crippen LogP contribution < -0.4 is 0 Å². The van der Waals surface area contributed by atoms with E-state index in [1.807, 2.05) is 0 Å². The molecule has 1 saturated carbocycles. The minimum Gasteiger partial charge on any atom is -0.480 e. The molecule has 0 unspecified atom stereocenters. The van der Waals surface area contributed by atoms with Crippen molar-refractivity contribution in [3.8, 4) is 0 Å². The van der Waals surface area contributed by atoms with Gasteiger partial charge in [-0.3, -0.25) is 4.79 Å². The number of carboxylic acids is 1. The van der Waals surface area contributed by atoms with Gasteiger partial charge in [-0.25, -0.2) is 8.42 Å². The Balaban J connectivity index is 3.06. The molecule has 1 fully saturated rings. The van der Waals surface area contributed by atoms with Crippen molar-refractivity contribution >= 4 is 15.8 Å². The average Bonchev–Trinajstić information content (AvgIpc) is 2.64. The highest BCUT2D eigenvalue weighted by atomic mass is 32.2. The molecule has 0 atom stereocenters. The van der Waals surface area contributed by atoms with E-state index >= 15 is 0 Å². The first-order chi connectivity index (χ1) is 5.34. The smallest absolute Gasteiger partial charge is 0.337 e. The molecule has 0 saturated heterocycles. The summed E-state index contributed by atoms with van der Waals surface area (Å²) >= 11 is 0. The molecule has 0 spiro atoms. The van der Waals surface area contributed by atoms with Gasteiger partial charge < -0.3 is 5.11 Å². The second-order valence-corrected chi connectivity index (χ2v) is 4.83. The van der Waals surface area contributed by atoms with Crippen LogP contribution >= 0.6 is 0 Å². The Morgan fingerprint density at radius 1 is 1.42 bits per heavy atom. The van der Waals surface area contributed by atoms with Gasteiger partial charge in [0.2, 0.25) is 9.84 Å². The zero-order valence-corrected chi connectivity index (χ0v) is 6.64. The number of sulfone groups is 1. The van der Waals surface area contributed by atoms with Gasteiger partial charge in [0.05, 0.1) is 0 Å². The molecule has 0 aromatic carbocycles. The van der Waals surface area contributed by atoms with Crippen LogP contribution in [0.25, 0.3) is 0 Å². The Morgan fingerprint density at radius 3 is 1.92 bits per heavy atom. The van der Waals surface area contributed by atoms with Crippen molar-refractivity contribution in [2.75, 3.05) is 0 Å². The number of hydrogen-bond donors (Lipinski definition) is 1. The normalized spacial score (nSPS) is 20.9. The van der Waals surface area contributed by atoms with Crippen LogP contribution in [0.4, 0.5) is 8.78 Å². The fraction of sp³-hybridized carbons (Fsp3) is 0.800. The lowest BCUT2D eigenvalue weighted by Crippen LogP contribution is -2.36. The Morgan fingerprint density at radius 2 is 1.83 bits per heavy atom. The first kappa shape index (κ1) is 9.37. The molecule has 0 heterocycles. The first-order valence-electron chi connectivity index (χ1n) is 3.09. The van der Waals surface area contributed by atoms with Crippen LogP contribution in [-0.2, 0) is 14.6 Å². The van der Waals surface area contributed by atoms with Crippen molar-refractivity contribution in [2.24, 2.45) is 0 Å². The van der Waals surface area contributed by atoms with E-state index < -0.39 is 26.3 Å². The van der Waals surface area contributed by atoms with Crippen molar-refractivity contribution in [2.45, 2.75) is 23.3 Å². The van der Waals surface area contributed by atoms with Crippen molar-refractivity contribution in [3.63, 3.8) is 0 Å². The number of hydrogen-bond acceptors (Lipinski definition) is 3. The maximum absolute atomic E-state index is 11.9. The molecule has 0 aliphatic heterocycles. The second kappa shape index (κ2) is 2.38. The van der Waals surface area contributed by atoms with Crippen molar-refractivity contribution in [1.82, 2.24) is 0 Å². The molecule has 4 nitrogen and oxygen atoms in total. The van der Waals surface area contributed by atoms with Crippen LogP contribution in [0, 0.1) is 0 Å². The van der Waals surface area contributed by atoms with Gasteiger partial charge in [0.25, 0.3) is 0 Å². The molecule has 0 aromatic heterocycles.